The number of nitrogens with zero attached hydrogens (tertiary/aromatic N) is 1. The van der Waals surface area contributed by atoms with E-state index in [-0.39, 0.29) is 0 Å². The normalized spacial score (nSPS) is 25.5. The van der Waals surface area contributed by atoms with Crippen LogP contribution in [0.3, 0.4) is 0 Å². The van der Waals surface area contributed by atoms with Crippen molar-refractivity contribution in [2.75, 3.05) is 19.6 Å². The molecule has 0 aromatic heterocycles. The molecule has 14 heavy (non-hydrogen) atoms. The third kappa shape index (κ3) is 3.97. The van der Waals surface area contributed by atoms with Gasteiger partial charge in [0.15, 0.2) is 0 Å². The molecule has 1 saturated heterocycles. The lowest BCUT2D eigenvalue weighted by Gasteiger charge is -2.21. The minimum atomic E-state index is 0.818. The van der Waals surface area contributed by atoms with Crippen LogP contribution in [0.15, 0.2) is 0 Å². The molecule has 1 aliphatic heterocycles. The lowest BCUT2D eigenvalue weighted by Crippen LogP contribution is -2.28. The largest absolute Gasteiger partial charge is 0.330 e. The Bertz CT molecular complexity index is 147. The molecule has 0 saturated carbocycles. The molecule has 1 rings (SSSR count). The zero-order valence-electron chi connectivity index (χ0n) is 9.84. The minimum absolute atomic E-state index is 0.818. The predicted molar refractivity (Wildman–Crippen MR) is 62.3 cm³/mol. The van der Waals surface area contributed by atoms with E-state index in [1.54, 1.807) is 0 Å². The first-order valence-electron chi connectivity index (χ1n) is 6.18. The fourth-order valence-corrected chi connectivity index (χ4v) is 2.40. The van der Waals surface area contributed by atoms with Crippen LogP contribution in [0.4, 0.5) is 0 Å². The number of likely N-dealkylation sites (tertiary alicyclic amines) is 1. The van der Waals surface area contributed by atoms with E-state index in [0.29, 0.717) is 0 Å². The SMILES string of the molecule is CC(CCN)CCCN1CCCC1C. The summed E-state index contributed by atoms with van der Waals surface area (Å²) in [6.45, 7) is 8.15. The molecule has 0 aromatic rings. The van der Waals surface area contributed by atoms with E-state index in [9.17, 15) is 0 Å². The fraction of sp³-hybridized carbons (Fsp3) is 1.00. The van der Waals surface area contributed by atoms with E-state index in [2.05, 4.69) is 18.7 Å². The van der Waals surface area contributed by atoms with Crippen molar-refractivity contribution in [1.29, 1.82) is 0 Å². The van der Waals surface area contributed by atoms with Gasteiger partial charge in [-0.1, -0.05) is 6.92 Å². The molecule has 0 amide bonds. The van der Waals surface area contributed by atoms with Crippen LogP contribution in [0, 0.1) is 5.92 Å². The highest BCUT2D eigenvalue weighted by Crippen LogP contribution is 2.18. The maximum absolute atomic E-state index is 5.53. The standard InChI is InChI=1S/C12H26N2/c1-11(7-8-13)5-3-9-14-10-4-6-12(14)2/h11-12H,3-10,13H2,1-2H3. The van der Waals surface area contributed by atoms with Crippen molar-refractivity contribution in [3.63, 3.8) is 0 Å². The van der Waals surface area contributed by atoms with Gasteiger partial charge in [0.1, 0.15) is 0 Å². The van der Waals surface area contributed by atoms with Gasteiger partial charge in [0.05, 0.1) is 0 Å². The Morgan fingerprint density at radius 1 is 1.43 bits per heavy atom. The van der Waals surface area contributed by atoms with E-state index in [1.807, 2.05) is 0 Å². The van der Waals surface area contributed by atoms with E-state index < -0.39 is 0 Å². The number of rotatable bonds is 6. The van der Waals surface area contributed by atoms with Crippen LogP contribution in [-0.2, 0) is 0 Å². The maximum atomic E-state index is 5.53. The molecule has 84 valence electrons. The first kappa shape index (κ1) is 12.0. The Hall–Kier alpha value is -0.0800. The molecule has 1 fully saturated rings. The van der Waals surface area contributed by atoms with Crippen molar-refractivity contribution in [3.05, 3.63) is 0 Å². The molecular weight excluding hydrogens is 172 g/mol. The first-order chi connectivity index (χ1) is 6.74. The van der Waals surface area contributed by atoms with Crippen molar-refractivity contribution < 1.29 is 0 Å². The van der Waals surface area contributed by atoms with Crippen LogP contribution in [0.1, 0.15) is 46.0 Å². The quantitative estimate of drug-likeness (QED) is 0.709. The van der Waals surface area contributed by atoms with Crippen molar-refractivity contribution in [1.82, 2.24) is 4.90 Å². The number of nitrogens with two attached hydrogens (primary N) is 1. The lowest BCUT2D eigenvalue weighted by atomic mass is 10.0. The fourth-order valence-electron chi connectivity index (χ4n) is 2.40. The molecule has 0 aliphatic carbocycles. The summed E-state index contributed by atoms with van der Waals surface area (Å²) >= 11 is 0. The summed E-state index contributed by atoms with van der Waals surface area (Å²) in [7, 11) is 0. The number of hydrogen-bond acceptors (Lipinski definition) is 2. The Kier molecular flexibility index (Phi) is 5.49. The molecule has 2 nitrogen and oxygen atoms in total. The summed E-state index contributed by atoms with van der Waals surface area (Å²) in [6, 6.07) is 0.833. The summed E-state index contributed by atoms with van der Waals surface area (Å²) < 4.78 is 0. The van der Waals surface area contributed by atoms with Crippen LogP contribution >= 0.6 is 0 Å². The summed E-state index contributed by atoms with van der Waals surface area (Å²) in [6.07, 6.45) is 6.69. The van der Waals surface area contributed by atoms with E-state index >= 15 is 0 Å². The molecular formula is C12H26N2. The highest BCUT2D eigenvalue weighted by molar-refractivity contribution is 4.74. The third-order valence-electron chi connectivity index (χ3n) is 3.49. The van der Waals surface area contributed by atoms with Crippen molar-refractivity contribution in [2.45, 2.75) is 52.0 Å². The monoisotopic (exact) mass is 198 g/mol. The Labute approximate surface area is 88.8 Å². The Balaban J connectivity index is 2.03. The molecule has 0 bridgehead atoms. The second kappa shape index (κ2) is 6.41. The van der Waals surface area contributed by atoms with E-state index in [0.717, 1.165) is 18.5 Å². The predicted octanol–water partition coefficient (Wildman–Crippen LogP) is 2.24. The Morgan fingerprint density at radius 2 is 2.21 bits per heavy atom. The van der Waals surface area contributed by atoms with E-state index in [1.165, 1.54) is 45.2 Å². The van der Waals surface area contributed by atoms with Crippen LogP contribution in [0.5, 0.6) is 0 Å². The van der Waals surface area contributed by atoms with Gasteiger partial charge in [-0.25, -0.2) is 0 Å². The first-order valence-corrected chi connectivity index (χ1v) is 6.18. The van der Waals surface area contributed by atoms with E-state index in [4.69, 9.17) is 5.73 Å². The van der Waals surface area contributed by atoms with Gasteiger partial charge in [-0.15, -0.1) is 0 Å². The molecule has 1 aliphatic rings. The number of hydrogen-bond donors (Lipinski definition) is 1. The smallest absolute Gasteiger partial charge is 0.00674 e. The molecule has 1 heterocycles. The topological polar surface area (TPSA) is 29.3 Å². The zero-order chi connectivity index (χ0) is 10.4. The summed E-state index contributed by atoms with van der Waals surface area (Å²) in [5.74, 6) is 0.818. The van der Waals surface area contributed by atoms with Crippen molar-refractivity contribution >= 4 is 0 Å². The van der Waals surface area contributed by atoms with Gasteiger partial charge in [0, 0.05) is 6.04 Å². The van der Waals surface area contributed by atoms with Crippen LogP contribution in [0.2, 0.25) is 0 Å². The van der Waals surface area contributed by atoms with Crippen LogP contribution < -0.4 is 5.73 Å². The average Bonchev–Trinajstić information content (AvgIpc) is 2.52. The maximum Gasteiger partial charge on any atom is 0.00674 e. The molecule has 0 radical (unpaired) electrons. The summed E-state index contributed by atoms with van der Waals surface area (Å²) in [4.78, 5) is 2.63. The second-order valence-electron chi connectivity index (χ2n) is 4.85. The zero-order valence-corrected chi connectivity index (χ0v) is 9.84. The summed E-state index contributed by atoms with van der Waals surface area (Å²) in [5.41, 5.74) is 5.53. The van der Waals surface area contributed by atoms with Gasteiger partial charge in [0.25, 0.3) is 0 Å². The molecule has 2 N–H and O–H groups in total. The van der Waals surface area contributed by atoms with Gasteiger partial charge < -0.3 is 10.6 Å². The molecule has 0 aromatic carbocycles. The minimum Gasteiger partial charge on any atom is -0.330 e. The third-order valence-corrected chi connectivity index (χ3v) is 3.49. The van der Waals surface area contributed by atoms with Crippen molar-refractivity contribution in [2.24, 2.45) is 11.7 Å². The average molecular weight is 198 g/mol. The van der Waals surface area contributed by atoms with Crippen LogP contribution in [0.25, 0.3) is 0 Å². The van der Waals surface area contributed by atoms with Gasteiger partial charge in [-0.3, -0.25) is 0 Å². The second-order valence-corrected chi connectivity index (χ2v) is 4.85. The molecule has 2 atom stereocenters. The van der Waals surface area contributed by atoms with Gasteiger partial charge in [-0.2, -0.15) is 0 Å². The summed E-state index contributed by atoms with van der Waals surface area (Å²) in [5, 5.41) is 0. The van der Waals surface area contributed by atoms with Crippen LogP contribution in [-0.4, -0.2) is 30.6 Å². The lowest BCUT2D eigenvalue weighted by molar-refractivity contribution is 0.256. The molecule has 2 heteroatoms. The van der Waals surface area contributed by atoms with Gasteiger partial charge in [-0.05, 0) is 64.6 Å². The highest BCUT2D eigenvalue weighted by atomic mass is 15.2. The van der Waals surface area contributed by atoms with Crippen molar-refractivity contribution in [3.8, 4) is 0 Å². The van der Waals surface area contributed by atoms with Gasteiger partial charge >= 0.3 is 0 Å². The molecule has 0 spiro atoms. The Morgan fingerprint density at radius 3 is 2.79 bits per heavy atom. The van der Waals surface area contributed by atoms with Gasteiger partial charge in [0.2, 0.25) is 0 Å². The molecule has 2 unspecified atom stereocenters. The highest BCUT2D eigenvalue weighted by Gasteiger charge is 2.19.